The minimum Gasteiger partial charge on any atom is -0.391 e. The van der Waals surface area contributed by atoms with Gasteiger partial charge in [0, 0.05) is 30.8 Å². The predicted molar refractivity (Wildman–Crippen MR) is 88.4 cm³/mol. The number of nitrogens with one attached hydrogen (secondary N) is 1. The number of carbonyl (C=O) groups excluding carboxylic acids is 1. The van der Waals surface area contributed by atoms with Crippen LogP contribution in [0.25, 0.3) is 10.9 Å². The first-order valence-electron chi connectivity index (χ1n) is 8.05. The summed E-state index contributed by atoms with van der Waals surface area (Å²) in [6.45, 7) is 3.53. The molecule has 1 fully saturated rings. The second-order valence-electron chi connectivity index (χ2n) is 6.06. The predicted octanol–water partition coefficient (Wildman–Crippen LogP) is 2.06. The van der Waals surface area contributed by atoms with Crippen molar-refractivity contribution in [2.45, 2.75) is 25.9 Å². The number of rotatable bonds is 4. The first-order chi connectivity index (χ1) is 11.1. The minimum absolute atomic E-state index is 0.192. The summed E-state index contributed by atoms with van der Waals surface area (Å²) in [6.07, 6.45) is 1.14. The number of ether oxygens (including phenoxy) is 1. The molecule has 2 aromatic rings. The third-order valence-corrected chi connectivity index (χ3v) is 4.39. The van der Waals surface area contributed by atoms with Gasteiger partial charge in [-0.1, -0.05) is 18.2 Å². The number of hydrogen-bond acceptors (Lipinski definition) is 4. The van der Waals surface area contributed by atoms with Gasteiger partial charge in [0.2, 0.25) is 0 Å². The van der Waals surface area contributed by atoms with Crippen LogP contribution in [0.15, 0.2) is 30.3 Å². The summed E-state index contributed by atoms with van der Waals surface area (Å²) in [7, 11) is 0. The van der Waals surface area contributed by atoms with Gasteiger partial charge in [0.05, 0.1) is 17.2 Å². The summed E-state index contributed by atoms with van der Waals surface area (Å²) in [5.41, 5.74) is 2.12. The van der Waals surface area contributed by atoms with Crippen molar-refractivity contribution in [3.63, 3.8) is 0 Å². The van der Waals surface area contributed by atoms with Crippen LogP contribution in [0.2, 0.25) is 0 Å². The first-order valence-corrected chi connectivity index (χ1v) is 8.05. The number of hydrogen-bond donors (Lipinski definition) is 2. The molecule has 1 aromatic heterocycles. The fourth-order valence-corrected chi connectivity index (χ4v) is 2.99. The number of carbonyl (C=O) groups is 1. The Morgan fingerprint density at radius 1 is 1.35 bits per heavy atom. The Labute approximate surface area is 135 Å². The highest BCUT2D eigenvalue weighted by atomic mass is 16.5. The Balaban J connectivity index is 1.69. The van der Waals surface area contributed by atoms with Crippen LogP contribution in [0.5, 0.6) is 0 Å². The van der Waals surface area contributed by atoms with Crippen LogP contribution >= 0.6 is 0 Å². The van der Waals surface area contributed by atoms with E-state index >= 15 is 0 Å². The molecule has 1 aromatic carbocycles. The maximum absolute atomic E-state index is 12.5. The number of para-hydroxylation sites is 1. The van der Waals surface area contributed by atoms with Gasteiger partial charge < -0.3 is 15.2 Å². The quantitative estimate of drug-likeness (QED) is 0.906. The lowest BCUT2D eigenvalue weighted by Gasteiger charge is -2.26. The van der Waals surface area contributed by atoms with Gasteiger partial charge in [-0.05, 0) is 37.8 Å². The Morgan fingerprint density at radius 2 is 2.13 bits per heavy atom. The van der Waals surface area contributed by atoms with Crippen molar-refractivity contribution in [3.8, 4) is 0 Å². The van der Waals surface area contributed by atoms with Crippen LogP contribution in [0.1, 0.15) is 28.9 Å². The number of benzene rings is 1. The zero-order chi connectivity index (χ0) is 16.2. The maximum atomic E-state index is 12.5. The number of aromatic nitrogens is 1. The van der Waals surface area contributed by atoms with Gasteiger partial charge in [-0.3, -0.25) is 9.78 Å². The van der Waals surface area contributed by atoms with Crippen LogP contribution < -0.4 is 5.32 Å². The summed E-state index contributed by atoms with van der Waals surface area (Å²) in [5.74, 6) is -0.00301. The third kappa shape index (κ3) is 3.68. The van der Waals surface area contributed by atoms with Crippen molar-refractivity contribution in [1.29, 1.82) is 0 Å². The van der Waals surface area contributed by atoms with E-state index in [0.717, 1.165) is 23.9 Å². The molecule has 3 rings (SSSR count). The normalized spacial score (nSPS) is 17.1. The van der Waals surface area contributed by atoms with Crippen molar-refractivity contribution in [1.82, 2.24) is 10.3 Å². The second-order valence-corrected chi connectivity index (χ2v) is 6.06. The summed E-state index contributed by atoms with van der Waals surface area (Å²) in [6, 6.07) is 9.45. The summed E-state index contributed by atoms with van der Waals surface area (Å²) >= 11 is 0. The molecule has 5 nitrogen and oxygen atoms in total. The van der Waals surface area contributed by atoms with Gasteiger partial charge in [-0.25, -0.2) is 0 Å². The number of fused-ring (bicyclic) bond motifs is 1. The van der Waals surface area contributed by atoms with E-state index in [1.165, 1.54) is 0 Å². The van der Waals surface area contributed by atoms with E-state index in [-0.39, 0.29) is 18.4 Å². The molecular formula is C18H22N2O3. The Morgan fingerprint density at radius 3 is 2.91 bits per heavy atom. The topological polar surface area (TPSA) is 71.5 Å². The highest BCUT2D eigenvalue weighted by Gasteiger charge is 2.23. The highest BCUT2D eigenvalue weighted by molar-refractivity contribution is 6.05. The molecule has 122 valence electrons. The summed E-state index contributed by atoms with van der Waals surface area (Å²) in [5, 5.41) is 14.0. The fourth-order valence-electron chi connectivity index (χ4n) is 2.99. The standard InChI is InChI=1S/C18H22N2O3/c1-12-5-6-14-3-2-4-15(17(14)20-12)18(22)19-11-16(21)13-7-9-23-10-8-13/h2-6,13,16,21H,7-11H2,1H3,(H,19,22). The largest absolute Gasteiger partial charge is 0.391 e. The fraction of sp³-hybridized carbons (Fsp3) is 0.444. The van der Waals surface area contributed by atoms with E-state index in [1.807, 2.05) is 31.2 Å². The van der Waals surface area contributed by atoms with E-state index in [1.54, 1.807) is 6.07 Å². The molecular weight excluding hydrogens is 292 g/mol. The molecule has 0 spiro atoms. The SMILES string of the molecule is Cc1ccc2cccc(C(=O)NCC(O)C3CCOCC3)c2n1. The molecule has 1 saturated heterocycles. The van der Waals surface area contributed by atoms with E-state index in [2.05, 4.69) is 10.3 Å². The van der Waals surface area contributed by atoms with Crippen LogP contribution in [0, 0.1) is 12.8 Å². The Hall–Kier alpha value is -1.98. The van der Waals surface area contributed by atoms with Gasteiger partial charge in [0.25, 0.3) is 5.91 Å². The van der Waals surface area contributed by atoms with Crippen molar-refractivity contribution in [2.75, 3.05) is 19.8 Å². The van der Waals surface area contributed by atoms with Gasteiger partial charge in [-0.2, -0.15) is 0 Å². The first kappa shape index (κ1) is 15.9. The zero-order valence-corrected chi connectivity index (χ0v) is 13.3. The molecule has 1 aliphatic rings. The minimum atomic E-state index is -0.535. The average molecular weight is 314 g/mol. The Kier molecular flexibility index (Phi) is 4.88. The number of aryl methyl sites for hydroxylation is 1. The van der Waals surface area contributed by atoms with Gasteiger partial charge in [-0.15, -0.1) is 0 Å². The van der Waals surface area contributed by atoms with Gasteiger partial charge >= 0.3 is 0 Å². The lowest BCUT2D eigenvalue weighted by atomic mass is 9.94. The number of amides is 1. The lowest BCUT2D eigenvalue weighted by Crippen LogP contribution is -2.38. The number of pyridine rings is 1. The summed E-state index contributed by atoms with van der Waals surface area (Å²) in [4.78, 5) is 16.9. The molecule has 1 atom stereocenters. The molecule has 0 bridgehead atoms. The number of aliphatic hydroxyl groups excluding tert-OH is 1. The number of nitrogens with zero attached hydrogens (tertiary/aromatic N) is 1. The molecule has 1 unspecified atom stereocenters. The van der Waals surface area contributed by atoms with E-state index in [0.29, 0.717) is 24.3 Å². The maximum Gasteiger partial charge on any atom is 0.253 e. The molecule has 2 heterocycles. The monoisotopic (exact) mass is 314 g/mol. The Bertz CT molecular complexity index is 696. The van der Waals surface area contributed by atoms with Crippen LogP contribution in [-0.2, 0) is 4.74 Å². The highest BCUT2D eigenvalue weighted by Crippen LogP contribution is 2.19. The molecule has 0 radical (unpaired) electrons. The molecule has 0 aliphatic carbocycles. The molecule has 0 saturated carbocycles. The second kappa shape index (κ2) is 7.06. The molecule has 1 amide bonds. The average Bonchev–Trinajstić information content (AvgIpc) is 2.59. The van der Waals surface area contributed by atoms with Crippen LogP contribution in [0.3, 0.4) is 0 Å². The van der Waals surface area contributed by atoms with E-state index < -0.39 is 6.10 Å². The van der Waals surface area contributed by atoms with Crippen LogP contribution in [0.4, 0.5) is 0 Å². The molecule has 2 N–H and O–H groups in total. The lowest BCUT2D eigenvalue weighted by molar-refractivity contribution is 0.00873. The zero-order valence-electron chi connectivity index (χ0n) is 13.3. The van der Waals surface area contributed by atoms with Crippen LogP contribution in [-0.4, -0.2) is 41.9 Å². The van der Waals surface area contributed by atoms with E-state index in [9.17, 15) is 9.90 Å². The van der Waals surface area contributed by atoms with Crippen molar-refractivity contribution < 1.29 is 14.6 Å². The van der Waals surface area contributed by atoms with Gasteiger partial charge in [0.1, 0.15) is 0 Å². The smallest absolute Gasteiger partial charge is 0.253 e. The number of aliphatic hydroxyl groups is 1. The van der Waals surface area contributed by atoms with E-state index in [4.69, 9.17) is 4.74 Å². The van der Waals surface area contributed by atoms with Crippen molar-refractivity contribution in [2.24, 2.45) is 5.92 Å². The van der Waals surface area contributed by atoms with Gasteiger partial charge in [0.15, 0.2) is 0 Å². The van der Waals surface area contributed by atoms with Crippen molar-refractivity contribution >= 4 is 16.8 Å². The summed E-state index contributed by atoms with van der Waals surface area (Å²) < 4.78 is 5.30. The van der Waals surface area contributed by atoms with Crippen molar-refractivity contribution in [3.05, 3.63) is 41.6 Å². The molecule has 5 heteroatoms. The molecule has 1 aliphatic heterocycles. The third-order valence-electron chi connectivity index (χ3n) is 4.39. The molecule has 23 heavy (non-hydrogen) atoms.